The molecule has 172 valence electrons. The van der Waals surface area contributed by atoms with Crippen LogP contribution in [0.3, 0.4) is 0 Å². The third kappa shape index (κ3) is 3.97. The van der Waals surface area contributed by atoms with E-state index in [0.29, 0.717) is 41.9 Å². The van der Waals surface area contributed by atoms with E-state index in [4.69, 9.17) is 4.74 Å². The average molecular weight is 450 g/mol. The maximum absolute atomic E-state index is 13.6. The second-order valence-electron chi connectivity index (χ2n) is 8.13. The van der Waals surface area contributed by atoms with Crippen LogP contribution in [0.25, 0.3) is 33.2 Å². The fourth-order valence-corrected chi connectivity index (χ4v) is 3.91. The van der Waals surface area contributed by atoms with Gasteiger partial charge in [0.1, 0.15) is 16.7 Å². The number of hydrogen-bond donors (Lipinski definition) is 0. The monoisotopic (exact) mass is 450 g/mol. The van der Waals surface area contributed by atoms with Gasteiger partial charge >= 0.3 is 0 Å². The minimum Gasteiger partial charge on any atom is -0.379 e. The van der Waals surface area contributed by atoms with Gasteiger partial charge in [-0.25, -0.2) is 19.6 Å². The second-order valence-corrected chi connectivity index (χ2v) is 8.13. The van der Waals surface area contributed by atoms with Gasteiger partial charge in [-0.1, -0.05) is 12.1 Å². The number of carbonyl (C=O) groups excluding carboxylic acids is 2. The highest BCUT2D eigenvalue weighted by Gasteiger charge is 2.27. The number of para-hydroxylation sites is 2. The van der Waals surface area contributed by atoms with E-state index in [1.54, 1.807) is 23.6 Å². The molecule has 0 saturated carbocycles. The largest absolute Gasteiger partial charge is 0.379 e. The third-order valence-electron chi connectivity index (χ3n) is 5.30. The van der Waals surface area contributed by atoms with Crippen molar-refractivity contribution in [2.24, 2.45) is 0 Å². The standard InChI is InChI=1S/C23H26N6O4/c1-13(2)33-12-8-11-27-14(3)24-21-19(23(27)32)20-22(29(21)28(15(4)30)16(5)31)26-18-10-7-6-9-17(18)25-20/h6-7,9-10,13H,8,11-12H2,1-5H3. The molecule has 4 aromatic rings. The fourth-order valence-electron chi connectivity index (χ4n) is 3.91. The molecule has 3 aromatic heterocycles. The summed E-state index contributed by atoms with van der Waals surface area (Å²) in [4.78, 5) is 52.4. The number of fused-ring (bicyclic) bond motifs is 4. The molecule has 0 saturated heterocycles. The Labute approximate surface area is 189 Å². The van der Waals surface area contributed by atoms with Gasteiger partial charge in [-0.05, 0) is 39.3 Å². The van der Waals surface area contributed by atoms with Gasteiger partial charge in [-0.2, -0.15) is 5.01 Å². The Morgan fingerprint density at radius 3 is 2.27 bits per heavy atom. The Morgan fingerprint density at radius 2 is 1.67 bits per heavy atom. The van der Waals surface area contributed by atoms with Crippen molar-refractivity contribution < 1.29 is 14.3 Å². The molecule has 0 radical (unpaired) electrons. The van der Waals surface area contributed by atoms with Gasteiger partial charge in [0.2, 0.25) is 11.8 Å². The van der Waals surface area contributed by atoms with Gasteiger partial charge in [0.15, 0.2) is 11.3 Å². The molecule has 4 rings (SSSR count). The summed E-state index contributed by atoms with van der Waals surface area (Å²) >= 11 is 0. The lowest BCUT2D eigenvalue weighted by molar-refractivity contribution is -0.126. The predicted molar refractivity (Wildman–Crippen MR) is 125 cm³/mol. The first-order valence-electron chi connectivity index (χ1n) is 10.8. The molecule has 0 spiro atoms. The Bertz CT molecular complexity index is 1440. The molecule has 0 bridgehead atoms. The summed E-state index contributed by atoms with van der Waals surface area (Å²) in [5, 5.41) is 1.15. The molecule has 0 unspecified atom stereocenters. The lowest BCUT2D eigenvalue weighted by atomic mass is 10.3. The molecule has 1 aromatic carbocycles. The van der Waals surface area contributed by atoms with Crippen LogP contribution >= 0.6 is 0 Å². The molecular formula is C23H26N6O4. The molecule has 33 heavy (non-hydrogen) atoms. The number of aryl methyl sites for hydroxylation is 1. The van der Waals surface area contributed by atoms with Crippen LogP contribution in [0.15, 0.2) is 29.1 Å². The van der Waals surface area contributed by atoms with Gasteiger partial charge < -0.3 is 4.74 Å². The second kappa shape index (κ2) is 8.70. The summed E-state index contributed by atoms with van der Waals surface area (Å²) < 4.78 is 8.46. The van der Waals surface area contributed by atoms with E-state index in [2.05, 4.69) is 15.0 Å². The zero-order valence-corrected chi connectivity index (χ0v) is 19.3. The van der Waals surface area contributed by atoms with E-state index in [1.165, 1.54) is 18.5 Å². The van der Waals surface area contributed by atoms with E-state index >= 15 is 0 Å². The number of imide groups is 1. The van der Waals surface area contributed by atoms with Crippen molar-refractivity contribution in [2.75, 3.05) is 11.6 Å². The van der Waals surface area contributed by atoms with Crippen LogP contribution in [0, 0.1) is 6.92 Å². The van der Waals surface area contributed by atoms with Crippen LogP contribution in [0.5, 0.6) is 0 Å². The SMILES string of the molecule is CC(=O)N(C(C)=O)n1c2nc3ccccc3nc2c2c(=O)n(CCCOC(C)C)c(C)nc21. The highest BCUT2D eigenvalue weighted by atomic mass is 16.5. The van der Waals surface area contributed by atoms with Crippen LogP contribution < -0.4 is 10.6 Å². The van der Waals surface area contributed by atoms with Crippen molar-refractivity contribution >= 4 is 45.0 Å². The molecule has 10 nitrogen and oxygen atoms in total. The number of benzene rings is 1. The van der Waals surface area contributed by atoms with E-state index in [1.807, 2.05) is 26.0 Å². The van der Waals surface area contributed by atoms with Crippen molar-refractivity contribution in [1.82, 2.24) is 24.2 Å². The zero-order chi connectivity index (χ0) is 23.9. The van der Waals surface area contributed by atoms with Crippen LogP contribution in [0.2, 0.25) is 0 Å². The van der Waals surface area contributed by atoms with Crippen molar-refractivity contribution in [3.8, 4) is 0 Å². The number of carbonyl (C=O) groups is 2. The third-order valence-corrected chi connectivity index (χ3v) is 5.30. The quantitative estimate of drug-likeness (QED) is 0.415. The van der Waals surface area contributed by atoms with E-state index in [9.17, 15) is 14.4 Å². The number of rotatable bonds is 6. The van der Waals surface area contributed by atoms with Gasteiger partial charge in [0.25, 0.3) is 5.56 Å². The highest BCUT2D eigenvalue weighted by Crippen LogP contribution is 2.26. The van der Waals surface area contributed by atoms with E-state index in [-0.39, 0.29) is 28.3 Å². The van der Waals surface area contributed by atoms with E-state index in [0.717, 1.165) is 5.01 Å². The first-order valence-corrected chi connectivity index (χ1v) is 10.8. The number of hydrogen-bond acceptors (Lipinski definition) is 7. The topological polar surface area (TPSA) is 112 Å². The molecule has 0 aliphatic rings. The molecule has 2 amide bonds. The lowest BCUT2D eigenvalue weighted by Gasteiger charge is -2.20. The number of nitrogens with zero attached hydrogens (tertiary/aromatic N) is 6. The molecule has 0 N–H and O–H groups in total. The number of aromatic nitrogens is 5. The summed E-state index contributed by atoms with van der Waals surface area (Å²) in [6.07, 6.45) is 0.737. The Balaban J connectivity index is 2.03. The summed E-state index contributed by atoms with van der Waals surface area (Å²) in [5.41, 5.74) is 1.55. The summed E-state index contributed by atoms with van der Waals surface area (Å²) in [7, 11) is 0. The molecule has 3 heterocycles. The van der Waals surface area contributed by atoms with Crippen molar-refractivity contribution in [3.63, 3.8) is 0 Å². The van der Waals surface area contributed by atoms with Crippen LogP contribution in [-0.4, -0.2) is 48.7 Å². The number of amides is 2. The first-order chi connectivity index (χ1) is 15.7. The minimum absolute atomic E-state index is 0.106. The van der Waals surface area contributed by atoms with Crippen molar-refractivity contribution in [1.29, 1.82) is 0 Å². The van der Waals surface area contributed by atoms with E-state index < -0.39 is 11.8 Å². The van der Waals surface area contributed by atoms with Crippen molar-refractivity contribution in [3.05, 3.63) is 40.4 Å². The molecule has 0 atom stereocenters. The summed E-state index contributed by atoms with van der Waals surface area (Å²) in [5.74, 6) is -0.589. The number of ether oxygens (including phenoxy) is 1. The van der Waals surface area contributed by atoms with Gasteiger partial charge in [-0.15, -0.1) is 0 Å². The molecule has 10 heteroatoms. The Hall–Kier alpha value is -3.66. The van der Waals surface area contributed by atoms with Gasteiger partial charge in [0, 0.05) is 27.0 Å². The predicted octanol–water partition coefficient (Wildman–Crippen LogP) is 2.45. The molecule has 0 aliphatic heterocycles. The smallest absolute Gasteiger partial charge is 0.265 e. The Morgan fingerprint density at radius 1 is 1.03 bits per heavy atom. The average Bonchev–Trinajstić information content (AvgIpc) is 3.03. The normalized spacial score (nSPS) is 11.7. The van der Waals surface area contributed by atoms with Gasteiger partial charge in [-0.3, -0.25) is 19.0 Å². The summed E-state index contributed by atoms with van der Waals surface area (Å²) in [6.45, 7) is 9.10. The molecule has 0 aliphatic carbocycles. The van der Waals surface area contributed by atoms with Crippen LogP contribution in [-0.2, 0) is 20.9 Å². The Kier molecular flexibility index (Phi) is 5.94. The minimum atomic E-state index is -0.522. The highest BCUT2D eigenvalue weighted by molar-refractivity contribution is 6.12. The lowest BCUT2D eigenvalue weighted by Crippen LogP contribution is -2.43. The van der Waals surface area contributed by atoms with Crippen molar-refractivity contribution in [2.45, 2.75) is 53.7 Å². The zero-order valence-electron chi connectivity index (χ0n) is 19.3. The first kappa shape index (κ1) is 22.5. The van der Waals surface area contributed by atoms with Crippen LogP contribution in [0.4, 0.5) is 0 Å². The van der Waals surface area contributed by atoms with Crippen LogP contribution in [0.1, 0.15) is 39.9 Å². The maximum atomic E-state index is 13.6. The molecular weight excluding hydrogens is 424 g/mol. The van der Waals surface area contributed by atoms with Gasteiger partial charge in [0.05, 0.1) is 17.1 Å². The fraction of sp³-hybridized carbons (Fsp3) is 0.391. The summed E-state index contributed by atoms with van der Waals surface area (Å²) in [6, 6.07) is 7.22. The maximum Gasteiger partial charge on any atom is 0.265 e. The molecule has 0 fully saturated rings.